The van der Waals surface area contributed by atoms with Crippen LogP contribution in [0.2, 0.25) is 0 Å². The Kier molecular flexibility index (Phi) is 5.54. The zero-order valence-electron chi connectivity index (χ0n) is 14.9. The van der Waals surface area contributed by atoms with Crippen molar-refractivity contribution in [3.63, 3.8) is 0 Å². The number of ether oxygens (including phenoxy) is 1. The molecule has 4 aromatic rings. The third kappa shape index (κ3) is 4.49. The molecule has 9 heteroatoms. The minimum absolute atomic E-state index is 0.159. The van der Waals surface area contributed by atoms with E-state index in [0.717, 1.165) is 21.5 Å². The van der Waals surface area contributed by atoms with Gasteiger partial charge in [0.05, 0.1) is 29.5 Å². The molecule has 2 aromatic carbocycles. The van der Waals surface area contributed by atoms with E-state index in [1.807, 2.05) is 48.5 Å². The molecule has 0 fully saturated rings. The summed E-state index contributed by atoms with van der Waals surface area (Å²) in [5.74, 6) is 1.26. The highest BCUT2D eigenvalue weighted by molar-refractivity contribution is 7.99. The molecule has 0 bridgehead atoms. The van der Waals surface area contributed by atoms with Gasteiger partial charge < -0.3 is 14.5 Å². The molecular formula is C19H16N4O3S2. The fourth-order valence-corrected chi connectivity index (χ4v) is 4.00. The van der Waals surface area contributed by atoms with Gasteiger partial charge in [-0.25, -0.2) is 4.98 Å². The fourth-order valence-electron chi connectivity index (χ4n) is 2.51. The topological polar surface area (TPSA) is 90.1 Å². The number of hydrogen-bond donors (Lipinski definition) is 1. The predicted molar refractivity (Wildman–Crippen MR) is 109 cm³/mol. The van der Waals surface area contributed by atoms with E-state index in [1.165, 1.54) is 23.1 Å². The Hall–Kier alpha value is -2.91. The molecule has 0 unspecified atom stereocenters. The van der Waals surface area contributed by atoms with Crippen LogP contribution < -0.4 is 10.1 Å². The van der Waals surface area contributed by atoms with Crippen LogP contribution in [-0.2, 0) is 11.2 Å². The zero-order valence-corrected chi connectivity index (χ0v) is 16.5. The Morgan fingerprint density at radius 3 is 2.89 bits per heavy atom. The summed E-state index contributed by atoms with van der Waals surface area (Å²) in [5, 5.41) is 11.7. The summed E-state index contributed by atoms with van der Waals surface area (Å²) in [5.41, 5.74) is 1.91. The summed E-state index contributed by atoms with van der Waals surface area (Å²) < 4.78 is 11.7. The van der Waals surface area contributed by atoms with Crippen molar-refractivity contribution in [2.75, 3.05) is 18.2 Å². The summed E-state index contributed by atoms with van der Waals surface area (Å²) in [6, 6.07) is 15.5. The van der Waals surface area contributed by atoms with Gasteiger partial charge in [-0.2, -0.15) is 0 Å². The quantitative estimate of drug-likeness (QED) is 0.459. The maximum Gasteiger partial charge on any atom is 0.277 e. The molecule has 4 rings (SSSR count). The molecule has 142 valence electrons. The maximum absolute atomic E-state index is 12.2. The van der Waals surface area contributed by atoms with Crippen molar-refractivity contribution in [3.05, 3.63) is 60.0 Å². The number of methoxy groups -OCH3 is 1. The van der Waals surface area contributed by atoms with Gasteiger partial charge in [0.2, 0.25) is 11.8 Å². The van der Waals surface area contributed by atoms with Crippen LogP contribution in [0.1, 0.15) is 11.5 Å². The van der Waals surface area contributed by atoms with Gasteiger partial charge in [-0.1, -0.05) is 53.4 Å². The second-order valence-electron chi connectivity index (χ2n) is 5.81. The molecule has 0 spiro atoms. The Morgan fingerprint density at radius 1 is 1.21 bits per heavy atom. The van der Waals surface area contributed by atoms with Crippen LogP contribution in [0, 0.1) is 0 Å². The number of anilines is 1. The number of nitrogens with zero attached hydrogens (tertiary/aromatic N) is 3. The van der Waals surface area contributed by atoms with Gasteiger partial charge in [0.15, 0.2) is 5.13 Å². The van der Waals surface area contributed by atoms with Crippen LogP contribution >= 0.6 is 23.1 Å². The fraction of sp³-hybridized carbons (Fsp3) is 0.158. The lowest BCUT2D eigenvalue weighted by atomic mass is 10.2. The molecule has 1 amide bonds. The van der Waals surface area contributed by atoms with Crippen LogP contribution in [0.25, 0.3) is 10.2 Å². The number of amides is 1. The Balaban J connectivity index is 1.32. The molecule has 0 aliphatic carbocycles. The van der Waals surface area contributed by atoms with E-state index in [9.17, 15) is 4.79 Å². The summed E-state index contributed by atoms with van der Waals surface area (Å²) in [6.07, 6.45) is 0.565. The number of rotatable bonds is 7. The number of carbonyl (C=O) groups excluding carboxylic acids is 1. The average molecular weight is 412 g/mol. The molecule has 1 N–H and O–H groups in total. The van der Waals surface area contributed by atoms with Crippen LogP contribution in [0.4, 0.5) is 5.13 Å². The van der Waals surface area contributed by atoms with E-state index in [4.69, 9.17) is 9.15 Å². The molecule has 0 radical (unpaired) electrons. The van der Waals surface area contributed by atoms with Crippen molar-refractivity contribution in [1.29, 1.82) is 0 Å². The molecular weight excluding hydrogens is 396 g/mol. The highest BCUT2D eigenvalue weighted by Crippen LogP contribution is 2.29. The Morgan fingerprint density at radius 2 is 2.07 bits per heavy atom. The number of fused-ring (bicyclic) bond motifs is 1. The van der Waals surface area contributed by atoms with E-state index < -0.39 is 0 Å². The number of hydrogen-bond acceptors (Lipinski definition) is 8. The van der Waals surface area contributed by atoms with Crippen molar-refractivity contribution in [1.82, 2.24) is 15.2 Å². The summed E-state index contributed by atoms with van der Waals surface area (Å²) in [7, 11) is 1.62. The number of aromatic nitrogens is 3. The second kappa shape index (κ2) is 8.41. The first-order chi connectivity index (χ1) is 13.7. The number of benzene rings is 2. The van der Waals surface area contributed by atoms with Gasteiger partial charge in [0.1, 0.15) is 5.75 Å². The normalized spacial score (nSPS) is 10.9. The van der Waals surface area contributed by atoms with E-state index >= 15 is 0 Å². The smallest absolute Gasteiger partial charge is 0.277 e. The molecule has 0 saturated heterocycles. The third-order valence-corrected chi connectivity index (χ3v) is 5.57. The summed E-state index contributed by atoms with van der Waals surface area (Å²) in [6.45, 7) is 0. The van der Waals surface area contributed by atoms with E-state index in [0.29, 0.717) is 22.7 Å². The molecule has 7 nitrogen and oxygen atoms in total. The number of thioether (sulfide) groups is 1. The third-order valence-electron chi connectivity index (χ3n) is 3.82. The molecule has 0 atom stereocenters. The highest BCUT2D eigenvalue weighted by atomic mass is 32.2. The van der Waals surface area contributed by atoms with Gasteiger partial charge >= 0.3 is 0 Å². The summed E-state index contributed by atoms with van der Waals surface area (Å²) in [4.78, 5) is 16.6. The molecule has 2 heterocycles. The first-order valence-corrected chi connectivity index (χ1v) is 10.2. The monoisotopic (exact) mass is 412 g/mol. The molecule has 0 aliphatic rings. The van der Waals surface area contributed by atoms with Crippen molar-refractivity contribution >= 4 is 44.4 Å². The lowest BCUT2D eigenvalue weighted by Gasteiger charge is -1.98. The Labute approximate surface area is 169 Å². The number of nitrogens with one attached hydrogen (secondary N) is 1. The van der Waals surface area contributed by atoms with Gasteiger partial charge in [0, 0.05) is 0 Å². The largest absolute Gasteiger partial charge is 0.497 e. The highest BCUT2D eigenvalue weighted by Gasteiger charge is 2.12. The SMILES string of the molecule is COc1ccc2nc(NC(=O)CSc3nnc(Cc4ccccc4)o3)sc2c1. The van der Waals surface area contributed by atoms with Crippen LogP contribution in [0.5, 0.6) is 5.75 Å². The van der Waals surface area contributed by atoms with Crippen LogP contribution in [0.15, 0.2) is 58.2 Å². The van der Waals surface area contributed by atoms with Crippen LogP contribution in [-0.4, -0.2) is 34.0 Å². The van der Waals surface area contributed by atoms with Crippen molar-refractivity contribution in [2.45, 2.75) is 11.6 Å². The average Bonchev–Trinajstić information content (AvgIpc) is 3.32. The number of carbonyl (C=O) groups is 1. The van der Waals surface area contributed by atoms with Crippen molar-refractivity contribution in [3.8, 4) is 5.75 Å². The summed E-state index contributed by atoms with van der Waals surface area (Å²) >= 11 is 2.60. The van der Waals surface area contributed by atoms with Gasteiger partial charge in [-0.3, -0.25) is 4.79 Å². The molecule has 28 heavy (non-hydrogen) atoms. The van der Waals surface area contributed by atoms with E-state index in [-0.39, 0.29) is 11.7 Å². The maximum atomic E-state index is 12.2. The predicted octanol–water partition coefficient (Wildman–Crippen LogP) is 4.01. The van der Waals surface area contributed by atoms with Crippen molar-refractivity contribution in [2.24, 2.45) is 0 Å². The van der Waals surface area contributed by atoms with Crippen LogP contribution in [0.3, 0.4) is 0 Å². The van der Waals surface area contributed by atoms with Gasteiger partial charge in [0.25, 0.3) is 5.22 Å². The van der Waals surface area contributed by atoms with E-state index in [1.54, 1.807) is 7.11 Å². The first kappa shape index (κ1) is 18.5. The molecule has 2 aromatic heterocycles. The Bertz CT molecular complexity index is 1090. The lowest BCUT2D eigenvalue weighted by molar-refractivity contribution is -0.113. The van der Waals surface area contributed by atoms with Gasteiger partial charge in [-0.05, 0) is 23.8 Å². The molecule has 0 aliphatic heterocycles. The molecule has 0 saturated carbocycles. The van der Waals surface area contributed by atoms with Crippen molar-refractivity contribution < 1.29 is 13.9 Å². The first-order valence-electron chi connectivity index (χ1n) is 8.43. The van der Waals surface area contributed by atoms with Gasteiger partial charge in [-0.15, -0.1) is 10.2 Å². The zero-order chi connectivity index (χ0) is 19.3. The minimum atomic E-state index is -0.182. The standard InChI is InChI=1S/C19H16N4O3S2/c1-25-13-7-8-14-15(10-13)28-18(20-14)21-16(24)11-27-19-23-22-17(26-19)9-12-5-3-2-4-6-12/h2-8,10H,9,11H2,1H3,(H,20,21,24). The lowest BCUT2D eigenvalue weighted by Crippen LogP contribution is -2.13. The minimum Gasteiger partial charge on any atom is -0.497 e. The van der Waals surface area contributed by atoms with E-state index in [2.05, 4.69) is 20.5 Å². The second-order valence-corrected chi connectivity index (χ2v) is 7.77. The number of thiazole rings is 1.